The molecule has 0 bridgehead atoms. The number of hydrogen-bond acceptors (Lipinski definition) is 3. The van der Waals surface area contributed by atoms with Gasteiger partial charge in [0.25, 0.3) is 5.79 Å². The van der Waals surface area contributed by atoms with Gasteiger partial charge in [-0.25, -0.2) is 9.18 Å². The molecular weight excluding hydrogens is 437 g/mol. The molecule has 0 heterocycles. The van der Waals surface area contributed by atoms with Crippen molar-refractivity contribution in [3.05, 3.63) is 12.8 Å². The van der Waals surface area contributed by atoms with E-state index in [-0.39, 0.29) is 12.8 Å². The molecule has 3 nitrogen and oxygen atoms in total. The summed E-state index contributed by atoms with van der Waals surface area (Å²) in [5.41, 5.74) is -6.84. The molecule has 2 fully saturated rings. The molecule has 2 saturated carbocycles. The van der Waals surface area contributed by atoms with Gasteiger partial charge in [-0.1, -0.05) is 13.0 Å². The van der Waals surface area contributed by atoms with Crippen molar-refractivity contribution in [1.29, 1.82) is 0 Å². The zero-order chi connectivity index (χ0) is 22.7. The molecule has 0 aliphatic heterocycles. The van der Waals surface area contributed by atoms with Crippen molar-refractivity contribution >= 4 is 5.97 Å². The first-order valence-electron chi connectivity index (χ1n) is 8.00. The SMILES string of the molecule is C=COC1(OC(=O)C2(F)C(F)(F)C(F)(F)C(F)(F)C(F)(F)C2(F)F)CCCCC1. The van der Waals surface area contributed by atoms with Gasteiger partial charge in [0.1, 0.15) is 0 Å². The van der Waals surface area contributed by atoms with E-state index in [1.807, 2.05) is 0 Å². The van der Waals surface area contributed by atoms with Gasteiger partial charge in [-0.15, -0.1) is 0 Å². The third-order valence-electron chi connectivity index (χ3n) is 4.92. The van der Waals surface area contributed by atoms with Crippen molar-refractivity contribution < 1.29 is 62.6 Å². The lowest BCUT2D eigenvalue weighted by molar-refractivity contribution is -0.479. The maximum Gasteiger partial charge on any atom is 0.384 e. The van der Waals surface area contributed by atoms with E-state index in [1.54, 1.807) is 0 Å². The summed E-state index contributed by atoms with van der Waals surface area (Å²) in [7, 11) is 0. The van der Waals surface area contributed by atoms with Crippen molar-refractivity contribution in [3.8, 4) is 0 Å². The topological polar surface area (TPSA) is 35.5 Å². The summed E-state index contributed by atoms with van der Waals surface area (Å²) in [6.07, 6.45) is 0.254. The summed E-state index contributed by atoms with van der Waals surface area (Å²) >= 11 is 0. The Bertz CT molecular complexity index is 653. The number of esters is 1. The molecule has 2 aliphatic rings. The highest BCUT2D eigenvalue weighted by Gasteiger charge is 3.03. The summed E-state index contributed by atoms with van der Waals surface area (Å²) in [5, 5.41) is 0. The molecule has 0 aromatic heterocycles. The molecule has 29 heavy (non-hydrogen) atoms. The van der Waals surface area contributed by atoms with Gasteiger partial charge in [0.15, 0.2) is 0 Å². The van der Waals surface area contributed by atoms with Crippen molar-refractivity contribution in [3.63, 3.8) is 0 Å². The van der Waals surface area contributed by atoms with Gasteiger partial charge in [0, 0.05) is 12.8 Å². The van der Waals surface area contributed by atoms with Crippen LogP contribution in [0.25, 0.3) is 0 Å². The van der Waals surface area contributed by atoms with Crippen LogP contribution in [0.2, 0.25) is 0 Å². The number of halogens is 11. The fourth-order valence-electron chi connectivity index (χ4n) is 3.20. The molecule has 0 N–H and O–H groups in total. The number of carbonyl (C=O) groups excluding carboxylic acids is 1. The van der Waals surface area contributed by atoms with Crippen LogP contribution in [0.1, 0.15) is 32.1 Å². The quantitative estimate of drug-likeness (QED) is 0.254. The van der Waals surface area contributed by atoms with Gasteiger partial charge in [-0.3, -0.25) is 0 Å². The van der Waals surface area contributed by atoms with Gasteiger partial charge >= 0.3 is 41.3 Å². The monoisotopic (exact) mass is 450 g/mol. The lowest BCUT2D eigenvalue weighted by atomic mass is 9.72. The molecule has 0 unspecified atom stereocenters. The first-order valence-corrected chi connectivity index (χ1v) is 8.00. The fourth-order valence-corrected chi connectivity index (χ4v) is 3.20. The van der Waals surface area contributed by atoms with Gasteiger partial charge in [0.2, 0.25) is 0 Å². The smallest absolute Gasteiger partial charge is 0.384 e. The molecule has 0 spiro atoms. The minimum absolute atomic E-state index is 0.0948. The highest BCUT2D eigenvalue weighted by Crippen LogP contribution is 2.69. The summed E-state index contributed by atoms with van der Waals surface area (Å²) in [6.45, 7) is 3.02. The Labute approximate surface area is 155 Å². The second-order valence-electron chi connectivity index (χ2n) is 6.68. The largest absolute Gasteiger partial charge is 0.460 e. The Morgan fingerprint density at radius 1 is 0.690 bits per heavy atom. The summed E-state index contributed by atoms with van der Waals surface area (Å²) in [4.78, 5) is 11.9. The Morgan fingerprint density at radius 2 is 1.07 bits per heavy atom. The van der Waals surface area contributed by atoms with Crippen LogP contribution in [0, 0.1) is 0 Å². The molecule has 2 aliphatic carbocycles. The second-order valence-corrected chi connectivity index (χ2v) is 6.68. The lowest BCUT2D eigenvalue weighted by Gasteiger charge is -2.51. The Kier molecular flexibility index (Phi) is 5.16. The van der Waals surface area contributed by atoms with E-state index in [0.717, 1.165) is 0 Å². The Balaban J connectivity index is 2.63. The van der Waals surface area contributed by atoms with Crippen LogP contribution in [-0.2, 0) is 14.3 Å². The minimum atomic E-state index is -7.40. The van der Waals surface area contributed by atoms with Crippen LogP contribution in [-0.4, -0.2) is 47.0 Å². The highest BCUT2D eigenvalue weighted by molar-refractivity contribution is 5.84. The van der Waals surface area contributed by atoms with E-state index in [2.05, 4.69) is 11.3 Å². The van der Waals surface area contributed by atoms with Crippen molar-refractivity contribution in [2.24, 2.45) is 0 Å². The lowest BCUT2D eigenvalue weighted by Crippen LogP contribution is -2.85. The normalized spacial score (nSPS) is 30.0. The number of rotatable bonds is 4. The van der Waals surface area contributed by atoms with E-state index in [9.17, 15) is 53.1 Å². The van der Waals surface area contributed by atoms with Crippen LogP contribution in [0.3, 0.4) is 0 Å². The van der Waals surface area contributed by atoms with E-state index in [4.69, 9.17) is 4.74 Å². The highest BCUT2D eigenvalue weighted by atomic mass is 19.4. The molecule has 2 rings (SSSR count). The van der Waals surface area contributed by atoms with Crippen molar-refractivity contribution in [2.75, 3.05) is 0 Å². The van der Waals surface area contributed by atoms with E-state index in [0.29, 0.717) is 12.7 Å². The van der Waals surface area contributed by atoms with Gasteiger partial charge in [0.05, 0.1) is 6.26 Å². The predicted octanol–water partition coefficient (Wildman–Crippen LogP) is 5.25. The zero-order valence-electron chi connectivity index (χ0n) is 14.2. The Morgan fingerprint density at radius 3 is 1.45 bits per heavy atom. The fraction of sp³-hybridized carbons (Fsp3) is 0.800. The summed E-state index contributed by atoms with van der Waals surface area (Å²) < 4.78 is 159. The van der Waals surface area contributed by atoms with Crippen molar-refractivity contribution in [2.45, 2.75) is 73.2 Å². The number of carbonyl (C=O) groups is 1. The van der Waals surface area contributed by atoms with Gasteiger partial charge < -0.3 is 9.47 Å². The maximum atomic E-state index is 14.7. The molecule has 0 atom stereocenters. The van der Waals surface area contributed by atoms with Crippen LogP contribution in [0.15, 0.2) is 12.8 Å². The number of hydrogen-bond donors (Lipinski definition) is 0. The summed E-state index contributed by atoms with van der Waals surface area (Å²) in [6, 6.07) is 0. The predicted molar refractivity (Wildman–Crippen MR) is 71.8 cm³/mol. The maximum absolute atomic E-state index is 14.7. The first kappa shape index (κ1) is 23.5. The average Bonchev–Trinajstić information content (AvgIpc) is 2.59. The van der Waals surface area contributed by atoms with E-state index >= 15 is 0 Å². The van der Waals surface area contributed by atoms with Crippen molar-refractivity contribution in [1.82, 2.24) is 0 Å². The Hall–Kier alpha value is -1.76. The molecule has 0 amide bonds. The molecule has 14 heteroatoms. The molecule has 0 aromatic carbocycles. The number of alkyl halides is 11. The minimum Gasteiger partial charge on any atom is -0.460 e. The first-order chi connectivity index (χ1) is 12.9. The standard InChI is InChI=1S/C15H13F11O3/c1-2-28-9(6-4-3-5-7-9)29-8(27)10(16)11(17,18)13(21,22)15(25,26)14(23,24)12(10,19)20/h2H,1,3-7H2. The second kappa shape index (κ2) is 6.37. The number of ether oxygens (including phenoxy) is 2. The molecule has 0 radical (unpaired) electrons. The van der Waals surface area contributed by atoms with E-state index in [1.165, 1.54) is 0 Å². The molecule has 0 saturated heterocycles. The molecule has 168 valence electrons. The zero-order valence-corrected chi connectivity index (χ0v) is 14.2. The third kappa shape index (κ3) is 2.58. The summed E-state index contributed by atoms with van der Waals surface area (Å²) in [5.74, 6) is -42.8. The molecule has 0 aromatic rings. The van der Waals surface area contributed by atoms with Crippen LogP contribution in [0.5, 0.6) is 0 Å². The third-order valence-corrected chi connectivity index (χ3v) is 4.92. The van der Waals surface area contributed by atoms with Gasteiger partial charge in [-0.05, 0) is 12.8 Å². The van der Waals surface area contributed by atoms with Crippen LogP contribution >= 0.6 is 0 Å². The average molecular weight is 450 g/mol. The van der Waals surface area contributed by atoms with Crippen LogP contribution in [0.4, 0.5) is 48.3 Å². The van der Waals surface area contributed by atoms with E-state index < -0.39 is 59.9 Å². The van der Waals surface area contributed by atoms with Gasteiger partial charge in [-0.2, -0.15) is 43.9 Å². The molecular formula is C15H13F11O3. The van der Waals surface area contributed by atoms with Crippen LogP contribution < -0.4 is 0 Å².